The van der Waals surface area contributed by atoms with Gasteiger partial charge in [0.15, 0.2) is 0 Å². The largest absolute Gasteiger partial charge is 0.298 e. The van der Waals surface area contributed by atoms with Gasteiger partial charge in [-0.25, -0.2) is 4.99 Å². The van der Waals surface area contributed by atoms with Gasteiger partial charge in [-0.2, -0.15) is 0 Å². The van der Waals surface area contributed by atoms with E-state index in [1.54, 1.807) is 13.4 Å². The van der Waals surface area contributed by atoms with Crippen molar-refractivity contribution in [3.63, 3.8) is 0 Å². The monoisotopic (exact) mass is 165 g/mol. The van der Waals surface area contributed by atoms with Gasteiger partial charge in [0.05, 0.1) is 0 Å². The maximum atomic E-state index is 4.06. The van der Waals surface area contributed by atoms with Crippen LogP contribution in [0, 0.1) is 0 Å². The normalized spacial score (nSPS) is 20.6. The Morgan fingerprint density at radius 1 is 1.42 bits per heavy atom. The van der Waals surface area contributed by atoms with Crippen molar-refractivity contribution in [2.45, 2.75) is 6.92 Å². The highest BCUT2D eigenvalue weighted by Crippen LogP contribution is 2.12. The van der Waals surface area contributed by atoms with Crippen LogP contribution in [0.3, 0.4) is 0 Å². The van der Waals surface area contributed by atoms with Crippen LogP contribution in [0.25, 0.3) is 0 Å². The highest BCUT2D eigenvalue weighted by molar-refractivity contribution is 5.86. The average Bonchev–Trinajstić information content (AvgIpc) is 2.31. The molecule has 0 aliphatic carbocycles. The van der Waals surface area contributed by atoms with Crippen LogP contribution in [-0.4, -0.2) is 44.6 Å². The molecule has 3 nitrogen and oxygen atoms in total. The second-order valence-electron chi connectivity index (χ2n) is 3.13. The highest BCUT2D eigenvalue weighted by atomic mass is 15.1. The van der Waals surface area contributed by atoms with E-state index in [-0.39, 0.29) is 0 Å². The molecule has 0 N–H and O–H groups in total. The van der Waals surface area contributed by atoms with Crippen molar-refractivity contribution in [2.24, 2.45) is 9.98 Å². The van der Waals surface area contributed by atoms with E-state index in [0.29, 0.717) is 0 Å². The summed E-state index contributed by atoms with van der Waals surface area (Å²) in [5.41, 5.74) is 2.73. The molecule has 0 aromatic rings. The minimum Gasteiger partial charge on any atom is -0.298 e. The van der Waals surface area contributed by atoms with Gasteiger partial charge in [0, 0.05) is 26.4 Å². The van der Waals surface area contributed by atoms with Crippen LogP contribution < -0.4 is 0 Å². The Kier molecular flexibility index (Phi) is 3.17. The van der Waals surface area contributed by atoms with Crippen molar-refractivity contribution in [3.8, 4) is 0 Å². The summed E-state index contributed by atoms with van der Waals surface area (Å²) >= 11 is 0. The summed E-state index contributed by atoms with van der Waals surface area (Å²) in [6, 6.07) is 0. The molecule has 12 heavy (non-hydrogen) atoms. The Balaban J connectivity index is 2.58. The molecule has 0 spiro atoms. The van der Waals surface area contributed by atoms with E-state index in [1.807, 2.05) is 6.21 Å². The van der Waals surface area contributed by atoms with Crippen molar-refractivity contribution >= 4 is 12.6 Å². The number of aliphatic imine (C=N–C) groups is 2. The number of hydrogen-bond acceptors (Lipinski definition) is 2. The van der Waals surface area contributed by atoms with E-state index in [9.17, 15) is 0 Å². The van der Waals surface area contributed by atoms with E-state index in [4.69, 9.17) is 0 Å². The molecule has 0 aromatic carbocycles. The number of likely N-dealkylation sites (N-methyl/N-ethyl adjacent to an activating group) is 1. The lowest BCUT2D eigenvalue weighted by atomic mass is 10.2. The van der Waals surface area contributed by atoms with Gasteiger partial charge >= 0.3 is 0 Å². The standard InChI is InChI=1S/C9H15N3/c1-8-5-12(3)6-9(8)4-11-7-10-2/h4,7H,5-6H2,1-3H3/b10-7-,11-4-. The van der Waals surface area contributed by atoms with Gasteiger partial charge in [-0.3, -0.25) is 9.89 Å². The quantitative estimate of drug-likeness (QED) is 0.443. The Labute approximate surface area is 73.5 Å². The Bertz CT molecular complexity index is 238. The molecule has 1 aliphatic rings. The molecule has 0 unspecified atom stereocenters. The van der Waals surface area contributed by atoms with Crippen LogP contribution in [0.5, 0.6) is 0 Å². The van der Waals surface area contributed by atoms with Crippen LogP contribution in [0.1, 0.15) is 6.92 Å². The molecule has 66 valence electrons. The van der Waals surface area contributed by atoms with Gasteiger partial charge in [-0.15, -0.1) is 0 Å². The molecule has 0 radical (unpaired) electrons. The second-order valence-corrected chi connectivity index (χ2v) is 3.13. The zero-order valence-electron chi connectivity index (χ0n) is 7.91. The molecule has 0 aromatic heterocycles. The third-order valence-corrected chi connectivity index (χ3v) is 1.91. The van der Waals surface area contributed by atoms with Crippen molar-refractivity contribution in [1.29, 1.82) is 0 Å². The van der Waals surface area contributed by atoms with Crippen LogP contribution in [-0.2, 0) is 0 Å². The van der Waals surface area contributed by atoms with Gasteiger partial charge in [0.25, 0.3) is 0 Å². The number of nitrogens with zero attached hydrogens (tertiary/aromatic N) is 3. The summed E-state index contributed by atoms with van der Waals surface area (Å²) in [4.78, 5) is 10.1. The van der Waals surface area contributed by atoms with Gasteiger partial charge in [-0.05, 0) is 19.5 Å². The smallest absolute Gasteiger partial charge is 0.109 e. The SMILES string of the molecule is C/N=C\N=C/C1=C(C)CN(C)C1. The third kappa shape index (κ3) is 2.27. The second kappa shape index (κ2) is 4.16. The summed E-state index contributed by atoms with van der Waals surface area (Å²) in [7, 11) is 3.83. The summed E-state index contributed by atoms with van der Waals surface area (Å²) in [6.07, 6.45) is 3.46. The maximum absolute atomic E-state index is 4.06. The Morgan fingerprint density at radius 3 is 2.67 bits per heavy atom. The first kappa shape index (κ1) is 9.13. The fourth-order valence-electron chi connectivity index (χ4n) is 1.33. The lowest BCUT2D eigenvalue weighted by molar-refractivity contribution is 0.427. The minimum absolute atomic E-state index is 1.01. The minimum atomic E-state index is 1.01. The van der Waals surface area contributed by atoms with Crippen LogP contribution in [0.4, 0.5) is 0 Å². The van der Waals surface area contributed by atoms with Gasteiger partial charge in [0.2, 0.25) is 0 Å². The van der Waals surface area contributed by atoms with E-state index < -0.39 is 0 Å². The molecule has 0 atom stereocenters. The molecule has 0 bridgehead atoms. The molecule has 0 amide bonds. The van der Waals surface area contributed by atoms with E-state index in [1.165, 1.54) is 11.1 Å². The summed E-state index contributed by atoms with van der Waals surface area (Å²) in [5, 5.41) is 0. The maximum Gasteiger partial charge on any atom is 0.109 e. The van der Waals surface area contributed by atoms with Crippen LogP contribution in [0.2, 0.25) is 0 Å². The fraction of sp³-hybridized carbons (Fsp3) is 0.556. The molecular formula is C9H15N3. The Morgan fingerprint density at radius 2 is 2.17 bits per heavy atom. The first-order chi connectivity index (χ1) is 5.74. The predicted octanol–water partition coefficient (Wildman–Crippen LogP) is 0.977. The molecular weight excluding hydrogens is 150 g/mol. The first-order valence-corrected chi connectivity index (χ1v) is 4.05. The molecule has 0 fully saturated rings. The molecule has 1 rings (SSSR count). The van der Waals surface area contributed by atoms with Crippen LogP contribution >= 0.6 is 0 Å². The van der Waals surface area contributed by atoms with Gasteiger partial charge in [0.1, 0.15) is 6.34 Å². The first-order valence-electron chi connectivity index (χ1n) is 4.05. The molecule has 0 saturated heterocycles. The summed E-state index contributed by atoms with van der Waals surface area (Å²) < 4.78 is 0. The Hall–Kier alpha value is -0.960. The van der Waals surface area contributed by atoms with Crippen molar-refractivity contribution < 1.29 is 0 Å². The summed E-state index contributed by atoms with van der Waals surface area (Å²) in [6.45, 7) is 4.21. The van der Waals surface area contributed by atoms with E-state index >= 15 is 0 Å². The zero-order valence-corrected chi connectivity index (χ0v) is 7.91. The average molecular weight is 165 g/mol. The van der Waals surface area contributed by atoms with Crippen molar-refractivity contribution in [3.05, 3.63) is 11.1 Å². The molecule has 0 saturated carbocycles. The molecule has 1 aliphatic heterocycles. The van der Waals surface area contributed by atoms with Crippen molar-refractivity contribution in [2.75, 3.05) is 27.2 Å². The van der Waals surface area contributed by atoms with Crippen LogP contribution in [0.15, 0.2) is 21.1 Å². The van der Waals surface area contributed by atoms with Gasteiger partial charge < -0.3 is 0 Å². The van der Waals surface area contributed by atoms with Crippen molar-refractivity contribution in [1.82, 2.24) is 4.90 Å². The zero-order chi connectivity index (χ0) is 8.97. The number of hydrogen-bond donors (Lipinski definition) is 0. The number of rotatable bonds is 2. The fourth-order valence-corrected chi connectivity index (χ4v) is 1.33. The van der Waals surface area contributed by atoms with E-state index in [0.717, 1.165) is 13.1 Å². The molecule has 3 heteroatoms. The third-order valence-electron chi connectivity index (χ3n) is 1.91. The summed E-state index contributed by atoms with van der Waals surface area (Å²) in [5.74, 6) is 0. The lowest BCUT2D eigenvalue weighted by Gasteiger charge is -2.04. The van der Waals surface area contributed by atoms with Gasteiger partial charge in [-0.1, -0.05) is 5.57 Å². The predicted molar refractivity (Wildman–Crippen MR) is 53.1 cm³/mol. The highest BCUT2D eigenvalue weighted by Gasteiger charge is 2.12. The topological polar surface area (TPSA) is 28.0 Å². The molecule has 1 heterocycles. The lowest BCUT2D eigenvalue weighted by Crippen LogP contribution is -2.14. The van der Waals surface area contributed by atoms with E-state index in [2.05, 4.69) is 28.9 Å².